The van der Waals surface area contributed by atoms with E-state index in [0.29, 0.717) is 19.9 Å². The highest BCUT2D eigenvalue weighted by molar-refractivity contribution is 7.80. The monoisotopic (exact) mass is 497 g/mol. The molecule has 2 N–H and O–H groups in total. The van der Waals surface area contributed by atoms with Gasteiger partial charge in [0.15, 0.2) is 5.11 Å². The van der Waals surface area contributed by atoms with E-state index in [1.165, 1.54) is 17.8 Å². The molecular formula is C21H18Cl3N3OS2. The third kappa shape index (κ3) is 4.53. The van der Waals surface area contributed by atoms with Gasteiger partial charge >= 0.3 is 0 Å². The van der Waals surface area contributed by atoms with Crippen LogP contribution in [0.5, 0.6) is 0 Å². The van der Waals surface area contributed by atoms with Gasteiger partial charge in [0.2, 0.25) is 0 Å². The van der Waals surface area contributed by atoms with E-state index in [0.717, 1.165) is 47.4 Å². The Kier molecular flexibility index (Phi) is 6.70. The number of hydrogen-bond donors (Lipinski definition) is 2. The fourth-order valence-corrected chi connectivity index (χ4v) is 5.74. The van der Waals surface area contributed by atoms with Gasteiger partial charge in [-0.15, -0.1) is 11.3 Å². The van der Waals surface area contributed by atoms with Crippen LogP contribution in [-0.4, -0.2) is 24.1 Å². The molecule has 1 aliphatic rings. The second-order valence-corrected chi connectivity index (χ2v) is 9.66. The number of piperidine rings is 1. The molecule has 1 aromatic heterocycles. The summed E-state index contributed by atoms with van der Waals surface area (Å²) in [6.07, 6.45) is 3.47. The summed E-state index contributed by atoms with van der Waals surface area (Å²) in [7, 11) is 0. The van der Waals surface area contributed by atoms with E-state index in [1.807, 2.05) is 18.2 Å². The molecule has 0 bridgehead atoms. The molecule has 2 heterocycles. The number of halogens is 3. The predicted octanol–water partition coefficient (Wildman–Crippen LogP) is 6.98. The van der Waals surface area contributed by atoms with Gasteiger partial charge in [0, 0.05) is 28.2 Å². The van der Waals surface area contributed by atoms with Gasteiger partial charge in [-0.1, -0.05) is 46.9 Å². The summed E-state index contributed by atoms with van der Waals surface area (Å²) in [5.41, 5.74) is 1.67. The van der Waals surface area contributed by atoms with Crippen LogP contribution in [0.4, 0.5) is 11.4 Å². The molecule has 156 valence electrons. The summed E-state index contributed by atoms with van der Waals surface area (Å²) in [6, 6.07) is 11.0. The number of nitrogens with one attached hydrogen (secondary N) is 2. The lowest BCUT2D eigenvalue weighted by molar-refractivity contribution is 0.0982. The first-order chi connectivity index (χ1) is 14.4. The van der Waals surface area contributed by atoms with Gasteiger partial charge in [-0.25, -0.2) is 0 Å². The Labute approximate surface area is 199 Å². The van der Waals surface area contributed by atoms with E-state index < -0.39 is 0 Å². The minimum Gasteiger partial charge on any atom is -0.369 e. The van der Waals surface area contributed by atoms with Gasteiger partial charge < -0.3 is 10.2 Å². The lowest BCUT2D eigenvalue weighted by atomic mass is 10.1. The molecule has 0 radical (unpaired) electrons. The Bertz CT molecular complexity index is 1130. The van der Waals surface area contributed by atoms with Crippen molar-refractivity contribution >= 4 is 90.8 Å². The van der Waals surface area contributed by atoms with Gasteiger partial charge in [-0.3, -0.25) is 10.1 Å². The Hall–Kier alpha value is -1.57. The number of nitrogens with zero attached hydrogens (tertiary/aromatic N) is 1. The van der Waals surface area contributed by atoms with E-state index >= 15 is 0 Å². The molecule has 4 rings (SSSR count). The van der Waals surface area contributed by atoms with Crippen molar-refractivity contribution in [2.45, 2.75) is 19.3 Å². The molecule has 9 heteroatoms. The van der Waals surface area contributed by atoms with Crippen LogP contribution >= 0.6 is 58.4 Å². The highest BCUT2D eigenvalue weighted by Crippen LogP contribution is 2.37. The Morgan fingerprint density at radius 3 is 2.60 bits per heavy atom. The summed E-state index contributed by atoms with van der Waals surface area (Å²) in [4.78, 5) is 15.4. The molecule has 0 atom stereocenters. The first-order valence-electron chi connectivity index (χ1n) is 9.47. The Morgan fingerprint density at radius 1 is 1.07 bits per heavy atom. The molecule has 1 saturated heterocycles. The first kappa shape index (κ1) is 21.7. The number of hydrogen-bond acceptors (Lipinski definition) is 4. The fourth-order valence-electron chi connectivity index (χ4n) is 3.55. The lowest BCUT2D eigenvalue weighted by Gasteiger charge is -2.31. The smallest absolute Gasteiger partial charge is 0.269 e. The van der Waals surface area contributed by atoms with Crippen molar-refractivity contribution < 1.29 is 4.79 Å². The second kappa shape index (κ2) is 9.28. The summed E-state index contributed by atoms with van der Waals surface area (Å²) < 4.78 is 0.846. The molecular weight excluding hydrogens is 481 g/mol. The SMILES string of the molecule is O=C(NC(=S)Nc1cccc(Cl)c1N1CCCCC1)c1sc2cc(Cl)ccc2c1Cl. The number of rotatable bonds is 3. The minimum absolute atomic E-state index is 0.187. The standard InChI is InChI=1S/C21H18Cl3N3OS2/c22-12-7-8-13-16(11-12)30-19(17(13)24)20(28)26-21(29)25-15-6-4-5-14(23)18(15)27-9-2-1-3-10-27/h4-8,11H,1-3,9-10H2,(H2,25,26,28,29). The van der Waals surface area contributed by atoms with E-state index in [-0.39, 0.29) is 11.0 Å². The zero-order valence-corrected chi connectivity index (χ0v) is 19.7. The number of thiophene rings is 1. The predicted molar refractivity (Wildman–Crippen MR) is 133 cm³/mol. The topological polar surface area (TPSA) is 44.4 Å². The van der Waals surface area contributed by atoms with Gasteiger partial charge in [0.05, 0.1) is 21.4 Å². The van der Waals surface area contributed by atoms with Crippen molar-refractivity contribution in [3.05, 3.63) is 56.3 Å². The van der Waals surface area contributed by atoms with E-state index in [2.05, 4.69) is 15.5 Å². The van der Waals surface area contributed by atoms with Gasteiger partial charge in [-0.2, -0.15) is 0 Å². The molecule has 0 unspecified atom stereocenters. The average molecular weight is 499 g/mol. The summed E-state index contributed by atoms with van der Waals surface area (Å²) >= 11 is 25.6. The second-order valence-electron chi connectivity index (χ2n) is 6.98. The zero-order chi connectivity index (χ0) is 21.3. The fraction of sp³-hybridized carbons (Fsp3) is 0.238. The third-order valence-electron chi connectivity index (χ3n) is 4.93. The maximum Gasteiger partial charge on any atom is 0.269 e. The molecule has 1 amide bonds. The minimum atomic E-state index is -0.364. The van der Waals surface area contributed by atoms with Crippen molar-refractivity contribution in [3.8, 4) is 0 Å². The molecule has 2 aromatic carbocycles. The van der Waals surface area contributed by atoms with Crippen molar-refractivity contribution in [2.24, 2.45) is 0 Å². The van der Waals surface area contributed by atoms with Crippen LogP contribution in [0.2, 0.25) is 15.1 Å². The van der Waals surface area contributed by atoms with Crippen molar-refractivity contribution in [1.29, 1.82) is 0 Å². The van der Waals surface area contributed by atoms with Crippen LogP contribution in [0.15, 0.2) is 36.4 Å². The highest BCUT2D eigenvalue weighted by atomic mass is 35.5. The van der Waals surface area contributed by atoms with E-state index in [4.69, 9.17) is 47.0 Å². The molecule has 0 spiro atoms. The third-order valence-corrected chi connectivity index (χ3v) is 7.33. The zero-order valence-electron chi connectivity index (χ0n) is 15.8. The highest BCUT2D eigenvalue weighted by Gasteiger charge is 2.21. The lowest BCUT2D eigenvalue weighted by Crippen LogP contribution is -2.35. The number of anilines is 2. The summed E-state index contributed by atoms with van der Waals surface area (Å²) in [5.74, 6) is -0.364. The molecule has 3 aromatic rings. The Balaban J connectivity index is 1.52. The number of amides is 1. The van der Waals surface area contributed by atoms with Crippen LogP contribution in [0, 0.1) is 0 Å². The first-order valence-corrected chi connectivity index (χ1v) is 11.8. The maximum absolute atomic E-state index is 12.8. The number of carbonyl (C=O) groups is 1. The molecule has 0 aliphatic carbocycles. The number of benzene rings is 2. The van der Waals surface area contributed by atoms with Crippen LogP contribution in [-0.2, 0) is 0 Å². The Morgan fingerprint density at radius 2 is 1.83 bits per heavy atom. The van der Waals surface area contributed by atoms with Crippen LogP contribution in [0.25, 0.3) is 10.1 Å². The average Bonchev–Trinajstić information content (AvgIpc) is 3.04. The van der Waals surface area contributed by atoms with Crippen LogP contribution < -0.4 is 15.5 Å². The molecule has 1 aliphatic heterocycles. The molecule has 4 nitrogen and oxygen atoms in total. The van der Waals surface area contributed by atoms with E-state index in [9.17, 15) is 4.79 Å². The molecule has 30 heavy (non-hydrogen) atoms. The number of thiocarbonyl (C=S) groups is 1. The molecule has 0 saturated carbocycles. The number of para-hydroxylation sites is 1. The summed E-state index contributed by atoms with van der Waals surface area (Å²) in [6.45, 7) is 1.88. The number of carbonyl (C=O) groups excluding carboxylic acids is 1. The summed E-state index contributed by atoms with van der Waals surface area (Å²) in [5, 5.41) is 8.46. The number of fused-ring (bicyclic) bond motifs is 1. The quantitative estimate of drug-likeness (QED) is 0.382. The van der Waals surface area contributed by atoms with Gasteiger partial charge in [0.25, 0.3) is 5.91 Å². The van der Waals surface area contributed by atoms with Crippen molar-refractivity contribution in [1.82, 2.24) is 5.32 Å². The van der Waals surface area contributed by atoms with Crippen molar-refractivity contribution in [2.75, 3.05) is 23.3 Å². The van der Waals surface area contributed by atoms with E-state index in [1.54, 1.807) is 18.2 Å². The maximum atomic E-state index is 12.8. The van der Waals surface area contributed by atoms with Crippen molar-refractivity contribution in [3.63, 3.8) is 0 Å². The normalized spacial score (nSPS) is 14.0. The molecule has 1 fully saturated rings. The van der Waals surface area contributed by atoms with Crippen LogP contribution in [0.1, 0.15) is 28.9 Å². The van der Waals surface area contributed by atoms with Gasteiger partial charge in [0.1, 0.15) is 4.88 Å². The largest absolute Gasteiger partial charge is 0.369 e. The van der Waals surface area contributed by atoms with Crippen LogP contribution in [0.3, 0.4) is 0 Å². The van der Waals surface area contributed by atoms with Gasteiger partial charge in [-0.05, 0) is 55.7 Å².